The first-order valence-electron chi connectivity index (χ1n) is 5.82. The number of nitrogens with zero attached hydrogens (tertiary/aromatic N) is 4. The molecule has 0 aliphatic rings. The second-order valence-corrected chi connectivity index (χ2v) is 4.94. The van der Waals surface area contributed by atoms with Crippen molar-refractivity contribution in [1.29, 1.82) is 0 Å². The number of imidazole rings is 1. The predicted octanol–water partition coefficient (Wildman–Crippen LogP) is 1.25. The van der Waals surface area contributed by atoms with Gasteiger partial charge < -0.3 is 5.73 Å². The monoisotopic (exact) mass is 267 g/mol. The van der Waals surface area contributed by atoms with E-state index in [0.717, 1.165) is 0 Å². The Kier molecular flexibility index (Phi) is 3.34. The summed E-state index contributed by atoms with van der Waals surface area (Å²) in [6.45, 7) is 5.80. The Morgan fingerprint density at radius 3 is 2.56 bits per heavy atom. The lowest BCUT2D eigenvalue weighted by Gasteiger charge is -2.10. The zero-order valence-electron chi connectivity index (χ0n) is 10.7. The molecule has 2 heterocycles. The summed E-state index contributed by atoms with van der Waals surface area (Å²) in [7, 11) is 0. The molecule has 0 saturated heterocycles. The normalized spacial score (nSPS) is 13.4. The predicted molar refractivity (Wildman–Crippen MR) is 75.1 cm³/mol. The van der Waals surface area contributed by atoms with E-state index in [9.17, 15) is 4.79 Å². The molecule has 0 radical (unpaired) electrons. The first-order valence-corrected chi connectivity index (χ1v) is 6.46. The summed E-state index contributed by atoms with van der Waals surface area (Å²) >= 11 is 4.24. The van der Waals surface area contributed by atoms with Crippen LogP contribution in [0.4, 0.5) is 5.82 Å². The van der Waals surface area contributed by atoms with Gasteiger partial charge in [0.2, 0.25) is 0 Å². The summed E-state index contributed by atoms with van der Waals surface area (Å²) in [6.07, 6.45) is 1.38. The maximum atomic E-state index is 12.5. The number of nitrogen functional groups attached to an aromatic ring is 1. The zero-order valence-corrected chi connectivity index (χ0v) is 11.6. The van der Waals surface area contributed by atoms with E-state index >= 15 is 0 Å². The van der Waals surface area contributed by atoms with E-state index in [2.05, 4.69) is 22.6 Å². The van der Waals surface area contributed by atoms with Crippen LogP contribution in [0.3, 0.4) is 0 Å². The van der Waals surface area contributed by atoms with Gasteiger partial charge >= 0.3 is 5.69 Å². The minimum absolute atomic E-state index is 0.0164. The van der Waals surface area contributed by atoms with Crippen LogP contribution in [0, 0.1) is 0 Å². The average Bonchev–Trinajstić information content (AvgIpc) is 2.62. The van der Waals surface area contributed by atoms with Crippen molar-refractivity contribution in [3.63, 3.8) is 0 Å². The molecule has 0 saturated carbocycles. The minimum atomic E-state index is -0.117. The Morgan fingerprint density at radius 1 is 1.33 bits per heavy atom. The molecule has 2 N–H and O–H groups in total. The van der Waals surface area contributed by atoms with Crippen LogP contribution in [0.25, 0.3) is 11.2 Å². The Labute approximate surface area is 110 Å². The number of hydrogen-bond acceptors (Lipinski definition) is 5. The molecule has 0 spiro atoms. The van der Waals surface area contributed by atoms with Crippen LogP contribution >= 0.6 is 12.6 Å². The van der Waals surface area contributed by atoms with Crippen molar-refractivity contribution in [1.82, 2.24) is 19.1 Å². The first-order chi connectivity index (χ1) is 8.49. The second-order valence-electron chi connectivity index (χ2n) is 4.58. The minimum Gasteiger partial charge on any atom is -0.382 e. The molecule has 1 unspecified atom stereocenters. The van der Waals surface area contributed by atoms with Crippen molar-refractivity contribution in [2.45, 2.75) is 32.9 Å². The fourth-order valence-corrected chi connectivity index (χ4v) is 2.21. The highest BCUT2D eigenvalue weighted by Gasteiger charge is 2.21. The van der Waals surface area contributed by atoms with Crippen molar-refractivity contribution in [3.8, 4) is 0 Å². The summed E-state index contributed by atoms with van der Waals surface area (Å²) in [4.78, 5) is 20.6. The van der Waals surface area contributed by atoms with Crippen LogP contribution < -0.4 is 11.4 Å². The molecule has 98 valence electrons. The third-order valence-electron chi connectivity index (χ3n) is 2.93. The molecule has 18 heavy (non-hydrogen) atoms. The molecule has 1 atom stereocenters. The Morgan fingerprint density at radius 2 is 2.00 bits per heavy atom. The van der Waals surface area contributed by atoms with Gasteiger partial charge in [0.25, 0.3) is 0 Å². The molecule has 2 aromatic rings. The van der Waals surface area contributed by atoms with Crippen molar-refractivity contribution >= 4 is 29.6 Å². The fraction of sp³-hybridized carbons (Fsp3) is 0.545. The van der Waals surface area contributed by atoms with Crippen molar-refractivity contribution < 1.29 is 0 Å². The van der Waals surface area contributed by atoms with Gasteiger partial charge in [0.15, 0.2) is 11.5 Å². The second kappa shape index (κ2) is 4.64. The highest BCUT2D eigenvalue weighted by Crippen LogP contribution is 2.22. The van der Waals surface area contributed by atoms with Gasteiger partial charge in [-0.1, -0.05) is 0 Å². The lowest BCUT2D eigenvalue weighted by molar-refractivity contribution is 0.536. The van der Waals surface area contributed by atoms with Gasteiger partial charge in [0, 0.05) is 17.8 Å². The molecule has 0 aliphatic carbocycles. The number of anilines is 1. The maximum Gasteiger partial charge on any atom is 0.330 e. The number of nitrogens with two attached hydrogens (primary N) is 1. The smallest absolute Gasteiger partial charge is 0.330 e. The van der Waals surface area contributed by atoms with Gasteiger partial charge in [0.05, 0.1) is 0 Å². The quantitative estimate of drug-likeness (QED) is 0.820. The highest BCUT2D eigenvalue weighted by atomic mass is 32.1. The van der Waals surface area contributed by atoms with Gasteiger partial charge in [-0.2, -0.15) is 12.6 Å². The third-order valence-corrected chi connectivity index (χ3v) is 3.46. The largest absolute Gasteiger partial charge is 0.382 e. The molecule has 0 bridgehead atoms. The molecular formula is C11H17N5OS. The van der Waals surface area contributed by atoms with Crippen molar-refractivity contribution in [2.75, 3.05) is 11.5 Å². The summed E-state index contributed by atoms with van der Waals surface area (Å²) in [5.41, 5.74) is 6.94. The number of rotatable bonds is 3. The van der Waals surface area contributed by atoms with Gasteiger partial charge in [0.1, 0.15) is 11.8 Å². The molecule has 6 nitrogen and oxygen atoms in total. The lowest BCUT2D eigenvalue weighted by Crippen LogP contribution is -2.28. The van der Waals surface area contributed by atoms with Crippen LogP contribution in [0.1, 0.15) is 32.9 Å². The average molecular weight is 267 g/mol. The molecule has 0 aliphatic heterocycles. The first kappa shape index (κ1) is 12.9. The third kappa shape index (κ3) is 1.78. The Bertz CT molecular complexity index is 630. The van der Waals surface area contributed by atoms with Crippen LogP contribution in [0.2, 0.25) is 0 Å². The molecule has 2 rings (SSSR count). The summed E-state index contributed by atoms with van der Waals surface area (Å²) < 4.78 is 3.25. The van der Waals surface area contributed by atoms with E-state index in [1.807, 2.05) is 20.8 Å². The lowest BCUT2D eigenvalue weighted by atomic mass is 10.3. The standard InChI is InChI=1S/C11H17N5OS/c1-6(2)15-10-8(9(12)13-5-14-10)16(11(15)17)7(3)4-18/h5-7,18H,4H2,1-3H3,(H2,12,13,14). The summed E-state index contributed by atoms with van der Waals surface area (Å²) in [5.74, 6) is 0.871. The van der Waals surface area contributed by atoms with E-state index in [4.69, 9.17) is 5.73 Å². The Balaban J connectivity index is 2.93. The molecule has 0 fully saturated rings. The number of thiol groups is 1. The van der Waals surface area contributed by atoms with Gasteiger partial charge in [-0.25, -0.2) is 14.8 Å². The SMILES string of the molecule is CC(C)n1c(=O)n(C(C)CS)c2c(N)ncnc21. The van der Waals surface area contributed by atoms with E-state index < -0.39 is 0 Å². The van der Waals surface area contributed by atoms with Crippen LogP contribution in [0.5, 0.6) is 0 Å². The molecular weight excluding hydrogens is 250 g/mol. The molecule has 2 aromatic heterocycles. The van der Waals surface area contributed by atoms with Crippen LogP contribution in [-0.2, 0) is 0 Å². The number of aromatic nitrogens is 4. The molecule has 0 amide bonds. The topological polar surface area (TPSA) is 78.7 Å². The van der Waals surface area contributed by atoms with Crippen molar-refractivity contribution in [3.05, 3.63) is 16.8 Å². The number of hydrogen-bond donors (Lipinski definition) is 2. The van der Waals surface area contributed by atoms with Gasteiger partial charge in [-0.15, -0.1) is 0 Å². The van der Waals surface area contributed by atoms with E-state index in [0.29, 0.717) is 22.7 Å². The van der Waals surface area contributed by atoms with Crippen LogP contribution in [0.15, 0.2) is 11.1 Å². The Hall–Kier alpha value is -1.50. The summed E-state index contributed by atoms with van der Waals surface area (Å²) in [6, 6.07) is -0.0423. The summed E-state index contributed by atoms with van der Waals surface area (Å²) in [5, 5.41) is 0. The van der Waals surface area contributed by atoms with Gasteiger partial charge in [-0.05, 0) is 20.8 Å². The number of fused-ring (bicyclic) bond motifs is 1. The van der Waals surface area contributed by atoms with E-state index in [1.54, 1.807) is 9.13 Å². The maximum absolute atomic E-state index is 12.5. The van der Waals surface area contributed by atoms with Crippen molar-refractivity contribution in [2.24, 2.45) is 0 Å². The van der Waals surface area contributed by atoms with E-state index in [-0.39, 0.29) is 17.8 Å². The van der Waals surface area contributed by atoms with Crippen LogP contribution in [-0.4, -0.2) is 24.9 Å². The highest BCUT2D eigenvalue weighted by molar-refractivity contribution is 7.80. The van der Waals surface area contributed by atoms with Gasteiger partial charge in [-0.3, -0.25) is 9.13 Å². The zero-order chi connectivity index (χ0) is 13.4. The fourth-order valence-electron chi connectivity index (χ4n) is 2.05. The molecule has 0 aromatic carbocycles. The molecule has 7 heteroatoms. The van der Waals surface area contributed by atoms with E-state index in [1.165, 1.54) is 6.33 Å².